The van der Waals surface area contributed by atoms with E-state index in [-0.39, 0.29) is 0 Å². The number of hydrogen-bond donors (Lipinski definition) is 0. The largest absolute Gasteiger partial charge is 0.342 e. The van der Waals surface area contributed by atoms with Gasteiger partial charge in [-0.3, -0.25) is 4.79 Å². The van der Waals surface area contributed by atoms with Crippen molar-refractivity contribution in [2.24, 2.45) is 11.3 Å². The number of rotatable bonds is 3. The molecule has 0 aliphatic carbocycles. The minimum atomic E-state index is 0.308. The number of carbonyl (C=O) groups is 1. The van der Waals surface area contributed by atoms with E-state index in [1.807, 2.05) is 11.8 Å². The Morgan fingerprint density at radius 3 is 2.31 bits per heavy atom. The lowest BCUT2D eigenvalue weighted by molar-refractivity contribution is -0.140. The monoisotopic (exact) mass is 183 g/mol. The SMILES string of the molecule is CCC(=O)N1CC(C(C)(C)CC)C1. The molecular formula is C11H21NO. The number of carbonyl (C=O) groups excluding carboxylic acids is 1. The van der Waals surface area contributed by atoms with Gasteiger partial charge in [0.05, 0.1) is 0 Å². The van der Waals surface area contributed by atoms with Crippen LogP contribution in [-0.4, -0.2) is 23.9 Å². The zero-order valence-electron chi connectivity index (χ0n) is 9.26. The van der Waals surface area contributed by atoms with Crippen LogP contribution < -0.4 is 0 Å². The van der Waals surface area contributed by atoms with Crippen LogP contribution in [0.5, 0.6) is 0 Å². The van der Waals surface area contributed by atoms with E-state index in [1.165, 1.54) is 6.42 Å². The zero-order valence-corrected chi connectivity index (χ0v) is 9.26. The van der Waals surface area contributed by atoms with Gasteiger partial charge in [0, 0.05) is 19.5 Å². The summed E-state index contributed by atoms with van der Waals surface area (Å²) in [4.78, 5) is 13.3. The summed E-state index contributed by atoms with van der Waals surface area (Å²) in [5.74, 6) is 1.02. The lowest BCUT2D eigenvalue weighted by atomic mass is 9.72. The van der Waals surface area contributed by atoms with Gasteiger partial charge in [-0.25, -0.2) is 0 Å². The molecule has 1 fully saturated rings. The van der Waals surface area contributed by atoms with Crippen LogP contribution in [0.1, 0.15) is 40.5 Å². The van der Waals surface area contributed by atoms with E-state index >= 15 is 0 Å². The maximum absolute atomic E-state index is 11.3. The number of amides is 1. The van der Waals surface area contributed by atoms with Gasteiger partial charge >= 0.3 is 0 Å². The number of nitrogens with zero attached hydrogens (tertiary/aromatic N) is 1. The van der Waals surface area contributed by atoms with Gasteiger partial charge in [0.25, 0.3) is 0 Å². The molecule has 0 aromatic heterocycles. The lowest BCUT2D eigenvalue weighted by Gasteiger charge is -2.47. The molecule has 76 valence electrons. The van der Waals surface area contributed by atoms with Gasteiger partial charge < -0.3 is 4.90 Å². The highest BCUT2D eigenvalue weighted by Crippen LogP contribution is 2.36. The fourth-order valence-electron chi connectivity index (χ4n) is 1.69. The standard InChI is InChI=1S/C11H21NO/c1-5-10(13)12-7-9(8-12)11(3,4)6-2/h9H,5-8H2,1-4H3. The first-order valence-electron chi connectivity index (χ1n) is 5.29. The van der Waals surface area contributed by atoms with Crippen molar-refractivity contribution < 1.29 is 4.79 Å². The van der Waals surface area contributed by atoms with Crippen molar-refractivity contribution in [1.82, 2.24) is 4.90 Å². The fraction of sp³-hybridized carbons (Fsp3) is 0.909. The quantitative estimate of drug-likeness (QED) is 0.657. The molecule has 0 saturated carbocycles. The summed E-state index contributed by atoms with van der Waals surface area (Å²) < 4.78 is 0. The minimum Gasteiger partial charge on any atom is -0.342 e. The topological polar surface area (TPSA) is 20.3 Å². The molecule has 1 saturated heterocycles. The Hall–Kier alpha value is -0.530. The summed E-state index contributed by atoms with van der Waals surface area (Å²) in [5.41, 5.74) is 0.407. The minimum absolute atomic E-state index is 0.308. The van der Waals surface area contributed by atoms with Gasteiger partial charge in [0.15, 0.2) is 0 Å². The molecule has 0 bridgehead atoms. The van der Waals surface area contributed by atoms with Crippen molar-refractivity contribution in [3.05, 3.63) is 0 Å². The number of hydrogen-bond acceptors (Lipinski definition) is 1. The van der Waals surface area contributed by atoms with E-state index in [0.29, 0.717) is 23.7 Å². The Labute approximate surface area is 81.3 Å². The van der Waals surface area contributed by atoms with Crippen LogP contribution in [-0.2, 0) is 4.79 Å². The molecule has 1 amide bonds. The van der Waals surface area contributed by atoms with Crippen LogP contribution in [0.15, 0.2) is 0 Å². The van der Waals surface area contributed by atoms with Crippen molar-refractivity contribution in [2.75, 3.05) is 13.1 Å². The maximum Gasteiger partial charge on any atom is 0.222 e. The molecule has 1 aliphatic heterocycles. The Morgan fingerprint density at radius 2 is 1.92 bits per heavy atom. The molecule has 2 nitrogen and oxygen atoms in total. The van der Waals surface area contributed by atoms with Crippen LogP contribution in [0.2, 0.25) is 0 Å². The van der Waals surface area contributed by atoms with Crippen molar-refractivity contribution in [3.63, 3.8) is 0 Å². The highest BCUT2D eigenvalue weighted by atomic mass is 16.2. The normalized spacial score (nSPS) is 18.6. The third-order valence-electron chi connectivity index (χ3n) is 3.55. The van der Waals surface area contributed by atoms with Gasteiger partial charge in [-0.1, -0.05) is 34.1 Å². The predicted octanol–water partition coefficient (Wildman–Crippen LogP) is 2.29. The smallest absolute Gasteiger partial charge is 0.222 e. The molecule has 0 N–H and O–H groups in total. The van der Waals surface area contributed by atoms with Gasteiger partial charge in [-0.15, -0.1) is 0 Å². The predicted molar refractivity (Wildman–Crippen MR) is 54.4 cm³/mol. The average molecular weight is 183 g/mol. The van der Waals surface area contributed by atoms with Crippen LogP contribution in [0, 0.1) is 11.3 Å². The van der Waals surface area contributed by atoms with Crippen molar-refractivity contribution in [1.29, 1.82) is 0 Å². The van der Waals surface area contributed by atoms with E-state index in [2.05, 4.69) is 20.8 Å². The summed E-state index contributed by atoms with van der Waals surface area (Å²) in [6.07, 6.45) is 1.85. The van der Waals surface area contributed by atoms with E-state index in [0.717, 1.165) is 13.1 Å². The van der Waals surface area contributed by atoms with Crippen LogP contribution >= 0.6 is 0 Å². The molecule has 0 unspecified atom stereocenters. The summed E-state index contributed by atoms with van der Waals surface area (Å²) >= 11 is 0. The average Bonchev–Trinajstić information content (AvgIpc) is 2.01. The molecule has 0 aromatic carbocycles. The Morgan fingerprint density at radius 1 is 1.38 bits per heavy atom. The summed E-state index contributed by atoms with van der Waals surface area (Å²) in [6, 6.07) is 0. The zero-order chi connectivity index (χ0) is 10.1. The molecule has 2 heteroatoms. The fourth-order valence-corrected chi connectivity index (χ4v) is 1.69. The molecule has 0 radical (unpaired) electrons. The summed E-state index contributed by atoms with van der Waals surface area (Å²) in [5, 5.41) is 0. The second-order valence-corrected chi connectivity index (χ2v) is 4.69. The highest BCUT2D eigenvalue weighted by molar-refractivity contribution is 5.76. The van der Waals surface area contributed by atoms with Crippen molar-refractivity contribution >= 4 is 5.91 Å². The first kappa shape index (κ1) is 10.6. The maximum atomic E-state index is 11.3. The molecule has 1 rings (SSSR count). The molecule has 1 aliphatic rings. The van der Waals surface area contributed by atoms with Crippen LogP contribution in [0.4, 0.5) is 0 Å². The van der Waals surface area contributed by atoms with Crippen molar-refractivity contribution in [2.45, 2.75) is 40.5 Å². The molecular weight excluding hydrogens is 162 g/mol. The summed E-state index contributed by atoms with van der Waals surface area (Å²) in [7, 11) is 0. The number of likely N-dealkylation sites (tertiary alicyclic amines) is 1. The second-order valence-electron chi connectivity index (χ2n) is 4.69. The molecule has 13 heavy (non-hydrogen) atoms. The second kappa shape index (κ2) is 3.69. The molecule has 0 atom stereocenters. The third kappa shape index (κ3) is 2.04. The van der Waals surface area contributed by atoms with Gasteiger partial charge in [0.1, 0.15) is 0 Å². The first-order chi connectivity index (χ1) is 6.01. The summed E-state index contributed by atoms with van der Waals surface area (Å²) in [6.45, 7) is 10.7. The van der Waals surface area contributed by atoms with Gasteiger partial charge in [-0.2, -0.15) is 0 Å². The van der Waals surface area contributed by atoms with Crippen molar-refractivity contribution in [3.8, 4) is 0 Å². The van der Waals surface area contributed by atoms with E-state index in [1.54, 1.807) is 0 Å². The Bertz CT molecular complexity index is 192. The molecule has 0 spiro atoms. The molecule has 0 aromatic rings. The first-order valence-corrected chi connectivity index (χ1v) is 5.29. The van der Waals surface area contributed by atoms with Crippen LogP contribution in [0.3, 0.4) is 0 Å². The Kier molecular flexibility index (Phi) is 2.99. The van der Waals surface area contributed by atoms with E-state index in [4.69, 9.17) is 0 Å². The van der Waals surface area contributed by atoms with Gasteiger partial charge in [-0.05, 0) is 11.3 Å². The van der Waals surface area contributed by atoms with Crippen LogP contribution in [0.25, 0.3) is 0 Å². The lowest BCUT2D eigenvalue weighted by Crippen LogP contribution is -2.54. The van der Waals surface area contributed by atoms with E-state index in [9.17, 15) is 4.79 Å². The van der Waals surface area contributed by atoms with E-state index < -0.39 is 0 Å². The van der Waals surface area contributed by atoms with Gasteiger partial charge in [0.2, 0.25) is 5.91 Å². The molecule has 1 heterocycles. The third-order valence-corrected chi connectivity index (χ3v) is 3.55. The Balaban J connectivity index is 2.37. The highest BCUT2D eigenvalue weighted by Gasteiger charge is 2.38.